The lowest BCUT2D eigenvalue weighted by molar-refractivity contribution is -0.134. The van der Waals surface area contributed by atoms with E-state index in [9.17, 15) is 14.4 Å². The lowest BCUT2D eigenvalue weighted by atomic mass is 9.95. The van der Waals surface area contributed by atoms with E-state index in [1.165, 1.54) is 12.3 Å². The number of likely N-dealkylation sites (tertiary alicyclic amines) is 1. The van der Waals surface area contributed by atoms with Crippen LogP contribution < -0.4 is 5.56 Å². The number of rotatable bonds is 2. The molecule has 0 aliphatic carbocycles. The monoisotopic (exact) mass is 277 g/mol. The molecule has 6 heteroatoms. The molecule has 0 radical (unpaired) electrons. The minimum absolute atomic E-state index is 0.00627. The van der Waals surface area contributed by atoms with Crippen molar-refractivity contribution in [1.29, 1.82) is 0 Å². The van der Waals surface area contributed by atoms with E-state index in [-0.39, 0.29) is 23.3 Å². The molecule has 0 aromatic carbocycles. The molecule has 6 nitrogen and oxygen atoms in total. The Morgan fingerprint density at radius 3 is 2.50 bits per heavy atom. The summed E-state index contributed by atoms with van der Waals surface area (Å²) in [4.78, 5) is 41.1. The molecule has 20 heavy (non-hydrogen) atoms. The highest BCUT2D eigenvalue weighted by molar-refractivity contribution is 5.94. The lowest BCUT2D eigenvalue weighted by Crippen LogP contribution is -2.42. The number of aromatic nitrogens is 1. The Labute approximate surface area is 117 Å². The summed E-state index contributed by atoms with van der Waals surface area (Å²) in [6.45, 7) is 1.10. The van der Waals surface area contributed by atoms with Gasteiger partial charge in [0.25, 0.3) is 5.91 Å². The van der Waals surface area contributed by atoms with E-state index >= 15 is 0 Å². The Hall–Kier alpha value is -2.11. The number of amides is 2. The number of nitrogens with one attached hydrogen (secondary N) is 1. The van der Waals surface area contributed by atoms with Gasteiger partial charge in [0.1, 0.15) is 0 Å². The van der Waals surface area contributed by atoms with Gasteiger partial charge in [0.05, 0.1) is 0 Å². The molecule has 2 amide bonds. The SMILES string of the molecule is CN(C)C(=O)C1CCN(C(=O)c2cc[nH]c(=O)c2)CC1. The van der Waals surface area contributed by atoms with Gasteiger partial charge >= 0.3 is 0 Å². The number of hydrogen-bond acceptors (Lipinski definition) is 3. The summed E-state index contributed by atoms with van der Waals surface area (Å²) < 4.78 is 0. The Morgan fingerprint density at radius 2 is 1.95 bits per heavy atom. The summed E-state index contributed by atoms with van der Waals surface area (Å²) in [5.74, 6) is -0.0340. The zero-order valence-electron chi connectivity index (χ0n) is 11.8. The Bertz CT molecular complexity index is 557. The van der Waals surface area contributed by atoms with E-state index in [0.29, 0.717) is 31.5 Å². The molecule has 1 N–H and O–H groups in total. The second kappa shape index (κ2) is 5.90. The van der Waals surface area contributed by atoms with Crippen LogP contribution in [0.4, 0.5) is 0 Å². The second-order valence-electron chi connectivity index (χ2n) is 5.24. The molecule has 0 atom stereocenters. The maximum absolute atomic E-state index is 12.2. The van der Waals surface area contributed by atoms with Gasteiger partial charge < -0.3 is 14.8 Å². The van der Waals surface area contributed by atoms with Crippen LogP contribution in [0.1, 0.15) is 23.2 Å². The molecule has 0 bridgehead atoms. The van der Waals surface area contributed by atoms with Gasteiger partial charge in [-0.05, 0) is 18.9 Å². The van der Waals surface area contributed by atoms with E-state index in [4.69, 9.17) is 0 Å². The fourth-order valence-corrected chi connectivity index (χ4v) is 2.45. The molecule has 1 fully saturated rings. The second-order valence-corrected chi connectivity index (χ2v) is 5.24. The standard InChI is InChI=1S/C14H19N3O3/c1-16(2)13(19)10-4-7-17(8-5-10)14(20)11-3-6-15-12(18)9-11/h3,6,9-10H,4-5,7-8H2,1-2H3,(H,15,18). The number of hydrogen-bond donors (Lipinski definition) is 1. The van der Waals surface area contributed by atoms with Crippen LogP contribution in [-0.2, 0) is 4.79 Å². The van der Waals surface area contributed by atoms with Crippen molar-refractivity contribution in [3.63, 3.8) is 0 Å². The number of H-pyrrole nitrogens is 1. The van der Waals surface area contributed by atoms with Gasteiger partial charge in [-0.15, -0.1) is 0 Å². The van der Waals surface area contributed by atoms with E-state index < -0.39 is 0 Å². The van der Waals surface area contributed by atoms with Gasteiger partial charge in [0, 0.05) is 50.9 Å². The van der Waals surface area contributed by atoms with E-state index in [1.54, 1.807) is 30.0 Å². The molecule has 1 aliphatic heterocycles. The number of carbonyl (C=O) groups is 2. The molecule has 0 saturated carbocycles. The van der Waals surface area contributed by atoms with Gasteiger partial charge in [-0.2, -0.15) is 0 Å². The summed E-state index contributed by atoms with van der Waals surface area (Å²) in [6.07, 6.45) is 2.82. The molecular formula is C14H19N3O3. The normalized spacial score (nSPS) is 16.0. The van der Waals surface area contributed by atoms with Crippen molar-refractivity contribution >= 4 is 11.8 Å². The number of piperidine rings is 1. The Balaban J connectivity index is 1.99. The van der Waals surface area contributed by atoms with Crippen LogP contribution in [0.15, 0.2) is 23.1 Å². The number of carbonyl (C=O) groups excluding carboxylic acids is 2. The molecule has 0 spiro atoms. The van der Waals surface area contributed by atoms with Crippen molar-refractivity contribution < 1.29 is 9.59 Å². The summed E-state index contributed by atoms with van der Waals surface area (Å²) >= 11 is 0. The highest BCUT2D eigenvalue weighted by atomic mass is 16.2. The molecule has 1 saturated heterocycles. The molecule has 2 heterocycles. The maximum atomic E-state index is 12.2. The summed E-state index contributed by atoms with van der Waals surface area (Å²) in [5.41, 5.74) is 0.111. The molecule has 1 aromatic rings. The summed E-state index contributed by atoms with van der Waals surface area (Å²) in [6, 6.07) is 2.90. The van der Waals surface area contributed by atoms with E-state index in [2.05, 4.69) is 4.98 Å². The minimum atomic E-state index is -0.284. The van der Waals surface area contributed by atoms with Crippen molar-refractivity contribution in [3.8, 4) is 0 Å². The third-order valence-corrected chi connectivity index (χ3v) is 3.59. The fourth-order valence-electron chi connectivity index (χ4n) is 2.45. The van der Waals surface area contributed by atoms with Crippen molar-refractivity contribution in [2.24, 2.45) is 5.92 Å². The van der Waals surface area contributed by atoms with Gasteiger partial charge in [-0.1, -0.05) is 0 Å². The first-order chi connectivity index (χ1) is 9.49. The Kier molecular flexibility index (Phi) is 4.22. The quantitative estimate of drug-likeness (QED) is 0.846. The van der Waals surface area contributed by atoms with Crippen LogP contribution in [0.3, 0.4) is 0 Å². The highest BCUT2D eigenvalue weighted by Crippen LogP contribution is 2.20. The first-order valence-corrected chi connectivity index (χ1v) is 6.68. The summed E-state index contributed by atoms with van der Waals surface area (Å²) in [5, 5.41) is 0. The van der Waals surface area contributed by atoms with Gasteiger partial charge in [0.2, 0.25) is 11.5 Å². The van der Waals surface area contributed by atoms with Crippen molar-refractivity contribution in [2.45, 2.75) is 12.8 Å². The predicted molar refractivity (Wildman–Crippen MR) is 74.4 cm³/mol. The molecular weight excluding hydrogens is 258 g/mol. The summed E-state index contributed by atoms with van der Waals surface area (Å²) in [7, 11) is 3.49. The molecule has 2 rings (SSSR count). The van der Waals surface area contributed by atoms with Gasteiger partial charge in [-0.25, -0.2) is 0 Å². The molecule has 0 unspecified atom stereocenters. The van der Waals surface area contributed by atoms with Crippen molar-refractivity contribution in [2.75, 3.05) is 27.2 Å². The van der Waals surface area contributed by atoms with Gasteiger partial charge in [-0.3, -0.25) is 14.4 Å². The highest BCUT2D eigenvalue weighted by Gasteiger charge is 2.28. The van der Waals surface area contributed by atoms with Crippen molar-refractivity contribution in [3.05, 3.63) is 34.2 Å². The fraction of sp³-hybridized carbons (Fsp3) is 0.500. The lowest BCUT2D eigenvalue weighted by Gasteiger charge is -2.32. The van der Waals surface area contributed by atoms with E-state index in [0.717, 1.165) is 0 Å². The topological polar surface area (TPSA) is 73.5 Å². The number of aromatic amines is 1. The van der Waals surface area contributed by atoms with E-state index in [1.807, 2.05) is 0 Å². The number of nitrogens with zero attached hydrogens (tertiary/aromatic N) is 2. The van der Waals surface area contributed by atoms with Crippen LogP contribution >= 0.6 is 0 Å². The third kappa shape index (κ3) is 3.07. The number of pyridine rings is 1. The Morgan fingerprint density at radius 1 is 1.30 bits per heavy atom. The third-order valence-electron chi connectivity index (χ3n) is 3.59. The largest absolute Gasteiger partial charge is 0.349 e. The first kappa shape index (κ1) is 14.3. The molecule has 1 aromatic heterocycles. The molecule has 1 aliphatic rings. The average molecular weight is 277 g/mol. The van der Waals surface area contributed by atoms with Crippen molar-refractivity contribution in [1.82, 2.24) is 14.8 Å². The first-order valence-electron chi connectivity index (χ1n) is 6.68. The van der Waals surface area contributed by atoms with Crippen LogP contribution in [0.2, 0.25) is 0 Å². The maximum Gasteiger partial charge on any atom is 0.254 e. The van der Waals surface area contributed by atoms with Crippen LogP contribution in [0, 0.1) is 5.92 Å². The zero-order chi connectivity index (χ0) is 14.7. The van der Waals surface area contributed by atoms with Gasteiger partial charge in [0.15, 0.2) is 0 Å². The molecule has 108 valence electrons. The minimum Gasteiger partial charge on any atom is -0.349 e. The smallest absolute Gasteiger partial charge is 0.254 e. The van der Waals surface area contributed by atoms with Crippen LogP contribution in [0.5, 0.6) is 0 Å². The van der Waals surface area contributed by atoms with Crippen LogP contribution in [-0.4, -0.2) is 53.8 Å². The van der Waals surface area contributed by atoms with Crippen LogP contribution in [0.25, 0.3) is 0 Å². The zero-order valence-corrected chi connectivity index (χ0v) is 11.8. The average Bonchev–Trinajstić information content (AvgIpc) is 2.46. The predicted octanol–water partition coefficient (Wildman–Crippen LogP) is 0.315.